The maximum atomic E-state index is 5.90. The summed E-state index contributed by atoms with van der Waals surface area (Å²) in [5.74, 6) is 1.49. The molecule has 1 aromatic heterocycles. The minimum absolute atomic E-state index is 0.0752. The molecule has 0 aliphatic rings. The van der Waals surface area contributed by atoms with Crippen LogP contribution in [0.2, 0.25) is 0 Å². The van der Waals surface area contributed by atoms with Crippen molar-refractivity contribution in [2.45, 2.75) is 38.3 Å². The van der Waals surface area contributed by atoms with Crippen molar-refractivity contribution >= 4 is 17.4 Å². The number of hydrogen-bond donors (Lipinski definition) is 1. The van der Waals surface area contributed by atoms with Crippen LogP contribution in [0.4, 0.5) is 5.69 Å². The lowest BCUT2D eigenvalue weighted by molar-refractivity contribution is 0.233. The fourth-order valence-electron chi connectivity index (χ4n) is 0.995. The second-order valence-electron chi connectivity index (χ2n) is 3.41. The van der Waals surface area contributed by atoms with E-state index in [-0.39, 0.29) is 6.10 Å². The molecule has 4 nitrogen and oxygen atoms in total. The number of thioether (sulfide) groups is 1. The van der Waals surface area contributed by atoms with Gasteiger partial charge in [-0.25, -0.2) is 4.98 Å². The molecule has 0 saturated heterocycles. The van der Waals surface area contributed by atoms with E-state index in [0.29, 0.717) is 11.6 Å². The molecule has 1 aromatic rings. The number of nitrogens with zero attached hydrogens (tertiary/aromatic N) is 2. The lowest BCUT2D eigenvalue weighted by Crippen LogP contribution is -2.10. The molecular weight excluding hydrogens is 210 g/mol. The summed E-state index contributed by atoms with van der Waals surface area (Å²) in [6.07, 6.45) is 2.66. The van der Waals surface area contributed by atoms with Gasteiger partial charge < -0.3 is 10.5 Å². The largest absolute Gasteiger partial charge is 0.473 e. The Kier molecular flexibility index (Phi) is 4.68. The molecule has 0 unspecified atom stereocenters. The molecule has 1 rings (SSSR count). The molecule has 0 spiro atoms. The molecule has 0 aliphatic heterocycles. The fourth-order valence-corrected chi connectivity index (χ4v) is 1.76. The number of nitrogen functional groups attached to an aromatic ring is 1. The van der Waals surface area contributed by atoms with Crippen molar-refractivity contribution in [2.24, 2.45) is 0 Å². The third-order valence-electron chi connectivity index (χ3n) is 1.60. The third kappa shape index (κ3) is 3.58. The molecule has 0 aromatic carbocycles. The molecule has 15 heavy (non-hydrogen) atoms. The van der Waals surface area contributed by atoms with E-state index in [4.69, 9.17) is 10.5 Å². The topological polar surface area (TPSA) is 61.0 Å². The first-order valence-corrected chi connectivity index (χ1v) is 6.03. The summed E-state index contributed by atoms with van der Waals surface area (Å²) in [5.41, 5.74) is 6.45. The standard InChI is InChI=1S/C10H17N3OS/c1-4-5-15-10-8(11)9(12-6-13-10)14-7(2)3/h6-7H,4-5,11H2,1-3H3. The summed E-state index contributed by atoms with van der Waals surface area (Å²) in [5, 5.41) is 0.808. The van der Waals surface area contributed by atoms with Crippen molar-refractivity contribution in [1.29, 1.82) is 0 Å². The second-order valence-corrected chi connectivity index (χ2v) is 4.50. The quantitative estimate of drug-likeness (QED) is 0.618. The van der Waals surface area contributed by atoms with Crippen molar-refractivity contribution < 1.29 is 4.74 Å². The van der Waals surface area contributed by atoms with Crippen LogP contribution in [0.1, 0.15) is 27.2 Å². The summed E-state index contributed by atoms with van der Waals surface area (Å²) < 4.78 is 5.48. The third-order valence-corrected chi connectivity index (χ3v) is 2.81. The van der Waals surface area contributed by atoms with Gasteiger partial charge >= 0.3 is 0 Å². The Morgan fingerprint density at radius 3 is 2.80 bits per heavy atom. The molecule has 0 atom stereocenters. The van der Waals surface area contributed by atoms with Crippen molar-refractivity contribution in [3.8, 4) is 5.88 Å². The van der Waals surface area contributed by atoms with Gasteiger partial charge in [0.05, 0.1) is 6.10 Å². The van der Waals surface area contributed by atoms with Crippen LogP contribution in [-0.2, 0) is 0 Å². The number of aromatic nitrogens is 2. The van der Waals surface area contributed by atoms with Gasteiger partial charge in [0.2, 0.25) is 5.88 Å². The van der Waals surface area contributed by atoms with E-state index < -0.39 is 0 Å². The van der Waals surface area contributed by atoms with Crippen LogP contribution in [-0.4, -0.2) is 21.8 Å². The van der Waals surface area contributed by atoms with Crippen LogP contribution in [0.5, 0.6) is 5.88 Å². The Hall–Kier alpha value is -0.970. The SMILES string of the molecule is CCCSc1ncnc(OC(C)C)c1N. The number of hydrogen-bond acceptors (Lipinski definition) is 5. The second kappa shape index (κ2) is 5.80. The first-order chi connectivity index (χ1) is 7.15. The zero-order valence-corrected chi connectivity index (χ0v) is 10.2. The van der Waals surface area contributed by atoms with E-state index in [2.05, 4.69) is 16.9 Å². The average molecular weight is 227 g/mol. The van der Waals surface area contributed by atoms with E-state index in [9.17, 15) is 0 Å². The van der Waals surface area contributed by atoms with Crippen molar-refractivity contribution in [3.63, 3.8) is 0 Å². The zero-order valence-electron chi connectivity index (χ0n) is 9.36. The predicted octanol–water partition coefficient (Wildman–Crippen LogP) is 2.35. The molecule has 0 radical (unpaired) electrons. The minimum Gasteiger partial charge on any atom is -0.473 e. The van der Waals surface area contributed by atoms with Gasteiger partial charge in [-0.3, -0.25) is 0 Å². The average Bonchev–Trinajstić information content (AvgIpc) is 2.19. The summed E-state index contributed by atoms with van der Waals surface area (Å²) in [7, 11) is 0. The lowest BCUT2D eigenvalue weighted by Gasteiger charge is -2.12. The monoisotopic (exact) mass is 227 g/mol. The number of anilines is 1. The summed E-state index contributed by atoms with van der Waals surface area (Å²) in [6, 6.07) is 0. The molecule has 0 aliphatic carbocycles. The fraction of sp³-hybridized carbons (Fsp3) is 0.600. The number of ether oxygens (including phenoxy) is 1. The van der Waals surface area contributed by atoms with Gasteiger partial charge in [0.15, 0.2) is 0 Å². The molecule has 1 heterocycles. The Balaban J connectivity index is 2.80. The van der Waals surface area contributed by atoms with E-state index in [0.717, 1.165) is 17.2 Å². The van der Waals surface area contributed by atoms with Crippen LogP contribution in [0, 0.1) is 0 Å². The molecule has 84 valence electrons. The van der Waals surface area contributed by atoms with E-state index in [1.165, 1.54) is 6.33 Å². The van der Waals surface area contributed by atoms with Gasteiger partial charge in [-0.2, -0.15) is 4.98 Å². The molecule has 0 fully saturated rings. The van der Waals surface area contributed by atoms with E-state index in [1.807, 2.05) is 13.8 Å². The molecule has 2 N–H and O–H groups in total. The van der Waals surface area contributed by atoms with Gasteiger partial charge in [-0.1, -0.05) is 6.92 Å². The lowest BCUT2D eigenvalue weighted by atomic mass is 10.4. The zero-order chi connectivity index (χ0) is 11.3. The number of rotatable bonds is 5. The Morgan fingerprint density at radius 1 is 1.47 bits per heavy atom. The first kappa shape index (κ1) is 12.1. The highest BCUT2D eigenvalue weighted by atomic mass is 32.2. The van der Waals surface area contributed by atoms with Crippen molar-refractivity contribution in [2.75, 3.05) is 11.5 Å². The van der Waals surface area contributed by atoms with Crippen LogP contribution < -0.4 is 10.5 Å². The maximum Gasteiger partial charge on any atom is 0.241 e. The van der Waals surface area contributed by atoms with Crippen molar-refractivity contribution in [3.05, 3.63) is 6.33 Å². The van der Waals surface area contributed by atoms with Gasteiger partial charge in [0, 0.05) is 0 Å². The van der Waals surface area contributed by atoms with E-state index in [1.54, 1.807) is 11.8 Å². The molecule has 0 amide bonds. The molecular formula is C10H17N3OS. The van der Waals surface area contributed by atoms with Gasteiger partial charge in [0.1, 0.15) is 17.0 Å². The van der Waals surface area contributed by atoms with Crippen molar-refractivity contribution in [1.82, 2.24) is 9.97 Å². The first-order valence-electron chi connectivity index (χ1n) is 5.05. The van der Waals surface area contributed by atoms with E-state index >= 15 is 0 Å². The molecule has 5 heteroatoms. The van der Waals surface area contributed by atoms with Gasteiger partial charge in [-0.15, -0.1) is 11.8 Å². The highest BCUT2D eigenvalue weighted by Crippen LogP contribution is 2.29. The van der Waals surface area contributed by atoms with Crippen LogP contribution >= 0.6 is 11.8 Å². The summed E-state index contributed by atoms with van der Waals surface area (Å²) in [6.45, 7) is 6.01. The van der Waals surface area contributed by atoms with Crippen LogP contribution in [0.15, 0.2) is 11.4 Å². The maximum absolute atomic E-state index is 5.90. The Morgan fingerprint density at radius 2 is 2.20 bits per heavy atom. The molecule has 0 saturated carbocycles. The minimum atomic E-state index is 0.0752. The normalized spacial score (nSPS) is 10.7. The summed E-state index contributed by atoms with van der Waals surface area (Å²) in [4.78, 5) is 8.15. The Bertz CT molecular complexity index is 318. The van der Waals surface area contributed by atoms with Gasteiger partial charge in [0.25, 0.3) is 0 Å². The van der Waals surface area contributed by atoms with Crippen LogP contribution in [0.25, 0.3) is 0 Å². The highest BCUT2D eigenvalue weighted by Gasteiger charge is 2.10. The number of nitrogens with two attached hydrogens (primary N) is 1. The van der Waals surface area contributed by atoms with Gasteiger partial charge in [-0.05, 0) is 26.0 Å². The predicted molar refractivity (Wildman–Crippen MR) is 63.2 cm³/mol. The summed E-state index contributed by atoms with van der Waals surface area (Å²) >= 11 is 1.63. The molecule has 0 bridgehead atoms. The van der Waals surface area contributed by atoms with Crippen LogP contribution in [0.3, 0.4) is 0 Å². The highest BCUT2D eigenvalue weighted by molar-refractivity contribution is 7.99. The Labute approximate surface area is 94.6 Å². The smallest absolute Gasteiger partial charge is 0.241 e.